The molecule has 0 saturated heterocycles. The molecule has 0 atom stereocenters. The molecule has 1 aromatic heterocycles. The third-order valence-electron chi connectivity index (χ3n) is 4.70. The first-order valence-electron chi connectivity index (χ1n) is 8.29. The fourth-order valence-electron chi connectivity index (χ4n) is 3.36. The second-order valence-corrected chi connectivity index (χ2v) is 6.75. The van der Waals surface area contributed by atoms with Crippen LogP contribution in [0.5, 0.6) is 11.5 Å². The molecule has 2 aromatic rings. The highest BCUT2D eigenvalue weighted by Gasteiger charge is 2.30. The standard InChI is InChI=1S/C19H21ClN2O4/c1-10-7-11(2)21-18(23)14(10)9-22-6-5-12-13(19(22)24)8-15(25-3)17(26-4)16(12)20/h7-8H,5-6,9H2,1-4H3,(H,21,23). The number of benzene rings is 1. The van der Waals surface area contributed by atoms with E-state index in [0.29, 0.717) is 40.6 Å². The molecule has 26 heavy (non-hydrogen) atoms. The maximum absolute atomic E-state index is 13.0. The molecule has 1 N–H and O–H groups in total. The number of hydrogen-bond donors (Lipinski definition) is 1. The Balaban J connectivity index is 1.98. The fraction of sp³-hybridized carbons (Fsp3) is 0.368. The van der Waals surface area contributed by atoms with Crippen molar-refractivity contribution in [2.75, 3.05) is 20.8 Å². The van der Waals surface area contributed by atoms with E-state index in [2.05, 4.69) is 4.98 Å². The minimum Gasteiger partial charge on any atom is -0.493 e. The number of methoxy groups -OCH3 is 2. The zero-order valence-corrected chi connectivity index (χ0v) is 16.0. The second kappa shape index (κ2) is 7.03. The zero-order valence-electron chi connectivity index (χ0n) is 15.2. The summed E-state index contributed by atoms with van der Waals surface area (Å²) in [7, 11) is 3.01. The van der Waals surface area contributed by atoms with Gasteiger partial charge in [-0.2, -0.15) is 0 Å². The summed E-state index contributed by atoms with van der Waals surface area (Å²) in [5.74, 6) is 0.671. The van der Waals surface area contributed by atoms with Gasteiger partial charge in [-0.1, -0.05) is 11.6 Å². The number of aromatic amines is 1. The van der Waals surface area contributed by atoms with Crippen molar-refractivity contribution in [2.24, 2.45) is 0 Å². The van der Waals surface area contributed by atoms with Gasteiger partial charge < -0.3 is 19.4 Å². The van der Waals surface area contributed by atoms with Crippen LogP contribution in [0.25, 0.3) is 0 Å². The lowest BCUT2D eigenvalue weighted by molar-refractivity contribution is 0.0725. The molecule has 6 nitrogen and oxygen atoms in total. The van der Waals surface area contributed by atoms with Crippen molar-refractivity contribution in [3.8, 4) is 11.5 Å². The Hall–Kier alpha value is -2.47. The molecule has 1 aliphatic heterocycles. The first-order chi connectivity index (χ1) is 12.4. The summed E-state index contributed by atoms with van der Waals surface area (Å²) in [6, 6.07) is 3.56. The van der Waals surface area contributed by atoms with Gasteiger partial charge in [-0.15, -0.1) is 0 Å². The van der Waals surface area contributed by atoms with Crippen LogP contribution in [0.15, 0.2) is 16.9 Å². The number of nitrogens with zero attached hydrogens (tertiary/aromatic N) is 1. The van der Waals surface area contributed by atoms with Gasteiger partial charge in [0.05, 0.1) is 25.8 Å². The van der Waals surface area contributed by atoms with E-state index in [-0.39, 0.29) is 18.0 Å². The average Bonchev–Trinajstić information content (AvgIpc) is 2.59. The molecular weight excluding hydrogens is 356 g/mol. The molecule has 1 amide bonds. The van der Waals surface area contributed by atoms with Crippen molar-refractivity contribution in [1.82, 2.24) is 9.88 Å². The molecule has 138 valence electrons. The summed E-state index contributed by atoms with van der Waals surface area (Å²) in [6.45, 7) is 4.45. The summed E-state index contributed by atoms with van der Waals surface area (Å²) in [5.41, 5.74) is 3.34. The van der Waals surface area contributed by atoms with Gasteiger partial charge in [0.2, 0.25) is 0 Å². The predicted octanol–water partition coefficient (Wildman–Crippen LogP) is 2.86. The highest BCUT2D eigenvalue weighted by molar-refractivity contribution is 6.33. The Morgan fingerprint density at radius 2 is 1.92 bits per heavy atom. The lowest BCUT2D eigenvalue weighted by Crippen LogP contribution is -2.39. The van der Waals surface area contributed by atoms with E-state index in [1.807, 2.05) is 19.9 Å². The van der Waals surface area contributed by atoms with Crippen LogP contribution in [0.1, 0.15) is 32.7 Å². The van der Waals surface area contributed by atoms with Gasteiger partial charge in [-0.3, -0.25) is 9.59 Å². The maximum atomic E-state index is 13.0. The number of amides is 1. The molecule has 0 unspecified atom stereocenters. The van der Waals surface area contributed by atoms with Gasteiger partial charge in [0.1, 0.15) is 0 Å². The second-order valence-electron chi connectivity index (χ2n) is 6.37. The van der Waals surface area contributed by atoms with Crippen LogP contribution in [0.2, 0.25) is 5.02 Å². The van der Waals surface area contributed by atoms with Gasteiger partial charge in [0, 0.05) is 23.4 Å². The first-order valence-corrected chi connectivity index (χ1v) is 8.67. The summed E-state index contributed by atoms with van der Waals surface area (Å²) in [6.07, 6.45) is 0.586. The number of carbonyl (C=O) groups excluding carboxylic acids is 1. The molecular formula is C19H21ClN2O4. The van der Waals surface area contributed by atoms with Crippen molar-refractivity contribution < 1.29 is 14.3 Å². The molecule has 0 spiro atoms. The number of H-pyrrole nitrogens is 1. The molecule has 0 bridgehead atoms. The first kappa shape index (κ1) is 18.3. The number of hydrogen-bond acceptors (Lipinski definition) is 4. The van der Waals surface area contributed by atoms with E-state index >= 15 is 0 Å². The third kappa shape index (κ3) is 3.05. The van der Waals surface area contributed by atoms with Crippen molar-refractivity contribution >= 4 is 17.5 Å². The maximum Gasteiger partial charge on any atom is 0.254 e. The molecule has 3 rings (SSSR count). The van der Waals surface area contributed by atoms with E-state index in [9.17, 15) is 9.59 Å². The third-order valence-corrected chi connectivity index (χ3v) is 5.10. The lowest BCUT2D eigenvalue weighted by atomic mass is 9.97. The number of nitrogens with one attached hydrogen (secondary N) is 1. The van der Waals surface area contributed by atoms with Crippen LogP contribution in [0.4, 0.5) is 0 Å². The number of pyridine rings is 1. The SMILES string of the molecule is COc1cc2c(c(Cl)c1OC)CCN(Cc1c(C)cc(C)[nH]c1=O)C2=O. The Morgan fingerprint density at radius 3 is 2.54 bits per heavy atom. The number of carbonyl (C=O) groups is 1. The Labute approximate surface area is 156 Å². The summed E-state index contributed by atoms with van der Waals surface area (Å²) in [4.78, 5) is 29.7. The van der Waals surface area contributed by atoms with E-state index in [1.165, 1.54) is 14.2 Å². The van der Waals surface area contributed by atoms with E-state index < -0.39 is 0 Å². The molecule has 7 heteroatoms. The summed E-state index contributed by atoms with van der Waals surface area (Å²) >= 11 is 6.42. The number of aromatic nitrogens is 1. The molecule has 0 aliphatic carbocycles. The molecule has 1 aromatic carbocycles. The molecule has 0 fully saturated rings. The fourth-order valence-corrected chi connectivity index (χ4v) is 3.73. The van der Waals surface area contributed by atoms with Gasteiger partial charge >= 0.3 is 0 Å². The highest BCUT2D eigenvalue weighted by atomic mass is 35.5. The minimum absolute atomic E-state index is 0.161. The Bertz CT molecular complexity index is 936. The van der Waals surface area contributed by atoms with E-state index in [1.54, 1.807) is 11.0 Å². The quantitative estimate of drug-likeness (QED) is 0.890. The number of fused-ring (bicyclic) bond motifs is 1. The Morgan fingerprint density at radius 1 is 1.19 bits per heavy atom. The highest BCUT2D eigenvalue weighted by Crippen LogP contribution is 2.41. The van der Waals surface area contributed by atoms with Crippen LogP contribution in [0, 0.1) is 13.8 Å². The van der Waals surface area contributed by atoms with Crippen LogP contribution in [-0.2, 0) is 13.0 Å². The van der Waals surface area contributed by atoms with Crippen LogP contribution in [-0.4, -0.2) is 36.6 Å². The van der Waals surface area contributed by atoms with Gasteiger partial charge in [0.25, 0.3) is 11.5 Å². The molecule has 2 heterocycles. The largest absolute Gasteiger partial charge is 0.493 e. The topological polar surface area (TPSA) is 71.6 Å². The van der Waals surface area contributed by atoms with Crippen molar-refractivity contribution in [1.29, 1.82) is 0 Å². The molecule has 0 saturated carbocycles. The van der Waals surface area contributed by atoms with Gasteiger partial charge in [-0.25, -0.2) is 0 Å². The van der Waals surface area contributed by atoms with Crippen LogP contribution < -0.4 is 15.0 Å². The smallest absolute Gasteiger partial charge is 0.254 e. The van der Waals surface area contributed by atoms with Crippen molar-refractivity contribution in [3.05, 3.63) is 55.5 Å². The Kier molecular flexibility index (Phi) is 4.96. The monoisotopic (exact) mass is 376 g/mol. The number of rotatable bonds is 4. The van der Waals surface area contributed by atoms with E-state index in [0.717, 1.165) is 16.8 Å². The average molecular weight is 377 g/mol. The van der Waals surface area contributed by atoms with Gasteiger partial charge in [0.15, 0.2) is 11.5 Å². The van der Waals surface area contributed by atoms with E-state index in [4.69, 9.17) is 21.1 Å². The normalized spacial score (nSPS) is 13.6. The van der Waals surface area contributed by atoms with Crippen molar-refractivity contribution in [2.45, 2.75) is 26.8 Å². The molecule has 0 radical (unpaired) electrons. The minimum atomic E-state index is -0.173. The van der Waals surface area contributed by atoms with Crippen LogP contribution in [0.3, 0.4) is 0 Å². The summed E-state index contributed by atoms with van der Waals surface area (Å²) in [5, 5.41) is 0.402. The lowest BCUT2D eigenvalue weighted by Gasteiger charge is -2.30. The number of ether oxygens (including phenoxy) is 2. The number of aryl methyl sites for hydroxylation is 2. The van der Waals surface area contributed by atoms with Crippen LogP contribution >= 0.6 is 11.6 Å². The predicted molar refractivity (Wildman–Crippen MR) is 99.5 cm³/mol. The molecule has 1 aliphatic rings. The van der Waals surface area contributed by atoms with Gasteiger partial charge in [-0.05, 0) is 43.5 Å². The summed E-state index contributed by atoms with van der Waals surface area (Å²) < 4.78 is 10.6. The zero-order chi connectivity index (χ0) is 19.0. The van der Waals surface area contributed by atoms with Crippen molar-refractivity contribution in [3.63, 3.8) is 0 Å². The number of halogens is 1.